The normalized spacial score (nSPS) is 11.2. The van der Waals surface area contributed by atoms with E-state index < -0.39 is 5.82 Å². The number of phenolic OH excluding ortho intramolecular Hbond substituents is 1. The standard InChI is InChI=1S/C20H16FN3O2S/c1-11-5-15(19-16(6-11)24-13(8-22-19)10-26-2)20-23-9-18(27-20)14-7-12(21)3-4-17(14)25/h3-9,25H,10H2,1-2H3. The Morgan fingerprint density at radius 3 is 2.78 bits per heavy atom. The molecule has 0 saturated heterocycles. The van der Waals surface area contributed by atoms with E-state index >= 15 is 0 Å². The largest absolute Gasteiger partial charge is 0.507 e. The first kappa shape index (κ1) is 17.5. The smallest absolute Gasteiger partial charge is 0.126 e. The Bertz CT molecular complexity index is 1140. The molecule has 4 aromatic rings. The molecule has 0 spiro atoms. The van der Waals surface area contributed by atoms with Gasteiger partial charge in [0, 0.05) is 24.4 Å². The van der Waals surface area contributed by atoms with Crippen LogP contribution in [0.15, 0.2) is 42.7 Å². The zero-order valence-corrected chi connectivity index (χ0v) is 15.5. The van der Waals surface area contributed by atoms with Crippen LogP contribution in [-0.4, -0.2) is 27.2 Å². The second-order valence-electron chi connectivity index (χ2n) is 6.17. The number of ether oxygens (including phenoxy) is 1. The highest BCUT2D eigenvalue weighted by Crippen LogP contribution is 2.38. The van der Waals surface area contributed by atoms with Crippen LogP contribution in [0.2, 0.25) is 0 Å². The molecule has 0 atom stereocenters. The van der Waals surface area contributed by atoms with Gasteiger partial charge < -0.3 is 9.84 Å². The number of nitrogens with zero attached hydrogens (tertiary/aromatic N) is 3. The van der Waals surface area contributed by atoms with Gasteiger partial charge in [-0.05, 0) is 42.8 Å². The summed E-state index contributed by atoms with van der Waals surface area (Å²) < 4.78 is 18.7. The van der Waals surface area contributed by atoms with Gasteiger partial charge in [-0.15, -0.1) is 11.3 Å². The summed E-state index contributed by atoms with van der Waals surface area (Å²) in [5.41, 5.74) is 4.57. The van der Waals surface area contributed by atoms with Crippen LogP contribution >= 0.6 is 11.3 Å². The highest BCUT2D eigenvalue weighted by molar-refractivity contribution is 7.18. The third-order valence-corrected chi connectivity index (χ3v) is 5.16. The van der Waals surface area contributed by atoms with Crippen molar-refractivity contribution >= 4 is 22.4 Å². The van der Waals surface area contributed by atoms with Crippen molar-refractivity contribution in [2.45, 2.75) is 13.5 Å². The molecule has 0 aliphatic rings. The summed E-state index contributed by atoms with van der Waals surface area (Å²) in [5, 5.41) is 10.8. The maximum atomic E-state index is 13.6. The van der Waals surface area contributed by atoms with E-state index in [0.717, 1.165) is 32.9 Å². The topological polar surface area (TPSA) is 68.1 Å². The molecule has 0 saturated carbocycles. The molecule has 0 unspecified atom stereocenters. The molecule has 27 heavy (non-hydrogen) atoms. The minimum atomic E-state index is -0.407. The number of hydrogen-bond acceptors (Lipinski definition) is 6. The molecule has 2 heterocycles. The fraction of sp³-hybridized carbons (Fsp3) is 0.150. The van der Waals surface area contributed by atoms with Crippen LogP contribution in [-0.2, 0) is 11.3 Å². The molecule has 7 heteroatoms. The molecular weight excluding hydrogens is 365 g/mol. The van der Waals surface area contributed by atoms with Crippen molar-refractivity contribution in [3.8, 4) is 26.8 Å². The lowest BCUT2D eigenvalue weighted by molar-refractivity contribution is 0.181. The van der Waals surface area contributed by atoms with Gasteiger partial charge in [-0.25, -0.2) is 14.4 Å². The van der Waals surface area contributed by atoms with Crippen LogP contribution in [0, 0.1) is 12.7 Å². The highest BCUT2D eigenvalue weighted by atomic mass is 32.1. The van der Waals surface area contributed by atoms with Gasteiger partial charge in [0.1, 0.15) is 16.6 Å². The lowest BCUT2D eigenvalue weighted by Gasteiger charge is -2.07. The van der Waals surface area contributed by atoms with Gasteiger partial charge in [0.05, 0.1) is 34.4 Å². The van der Waals surface area contributed by atoms with Crippen molar-refractivity contribution < 1.29 is 14.2 Å². The third kappa shape index (κ3) is 3.39. The Hall–Kier alpha value is -2.90. The van der Waals surface area contributed by atoms with Crippen molar-refractivity contribution in [2.24, 2.45) is 0 Å². The fourth-order valence-electron chi connectivity index (χ4n) is 2.91. The monoisotopic (exact) mass is 381 g/mol. The van der Waals surface area contributed by atoms with Crippen molar-refractivity contribution in [1.82, 2.24) is 15.0 Å². The summed E-state index contributed by atoms with van der Waals surface area (Å²) in [7, 11) is 1.62. The zero-order valence-electron chi connectivity index (χ0n) is 14.7. The number of thiazole rings is 1. The Labute approximate surface area is 159 Å². The predicted molar refractivity (Wildman–Crippen MR) is 103 cm³/mol. The number of hydrogen-bond donors (Lipinski definition) is 1. The summed E-state index contributed by atoms with van der Waals surface area (Å²) in [4.78, 5) is 14.3. The predicted octanol–water partition coefficient (Wildman–Crippen LogP) is 4.72. The number of aromatic nitrogens is 3. The second-order valence-corrected chi connectivity index (χ2v) is 7.20. The first-order chi connectivity index (χ1) is 13.0. The minimum absolute atomic E-state index is 0.0182. The van der Waals surface area contributed by atoms with E-state index in [0.29, 0.717) is 17.0 Å². The van der Waals surface area contributed by atoms with E-state index in [9.17, 15) is 9.50 Å². The molecule has 2 aromatic carbocycles. The van der Waals surface area contributed by atoms with Crippen LogP contribution in [0.25, 0.3) is 32.0 Å². The SMILES string of the molecule is COCc1cnc2c(-c3ncc(-c4cc(F)ccc4O)s3)cc(C)cc2n1. The average Bonchev–Trinajstić information content (AvgIpc) is 3.13. The van der Waals surface area contributed by atoms with Crippen LogP contribution in [0.4, 0.5) is 4.39 Å². The summed E-state index contributed by atoms with van der Waals surface area (Å²) >= 11 is 1.37. The van der Waals surface area contributed by atoms with E-state index in [-0.39, 0.29) is 5.75 Å². The quantitative estimate of drug-likeness (QED) is 0.554. The van der Waals surface area contributed by atoms with Crippen LogP contribution in [0.1, 0.15) is 11.3 Å². The lowest BCUT2D eigenvalue weighted by atomic mass is 10.1. The third-order valence-electron chi connectivity index (χ3n) is 4.09. The van der Waals surface area contributed by atoms with Gasteiger partial charge >= 0.3 is 0 Å². The van der Waals surface area contributed by atoms with E-state index in [1.54, 1.807) is 19.5 Å². The van der Waals surface area contributed by atoms with Crippen molar-refractivity contribution in [3.05, 3.63) is 59.8 Å². The molecule has 0 aliphatic heterocycles. The fourth-order valence-corrected chi connectivity index (χ4v) is 3.87. The van der Waals surface area contributed by atoms with Gasteiger partial charge in [-0.1, -0.05) is 0 Å². The van der Waals surface area contributed by atoms with Crippen LogP contribution < -0.4 is 0 Å². The summed E-state index contributed by atoms with van der Waals surface area (Å²) in [6.45, 7) is 2.38. The highest BCUT2D eigenvalue weighted by Gasteiger charge is 2.15. The first-order valence-electron chi connectivity index (χ1n) is 8.25. The Balaban J connectivity index is 1.83. The number of aryl methyl sites for hydroxylation is 1. The van der Waals surface area contributed by atoms with Crippen molar-refractivity contribution in [3.63, 3.8) is 0 Å². The summed E-state index contributed by atoms with van der Waals surface area (Å²) in [5.74, 6) is -0.389. The van der Waals surface area contributed by atoms with Crippen molar-refractivity contribution in [2.75, 3.05) is 7.11 Å². The number of phenols is 1. The maximum Gasteiger partial charge on any atom is 0.126 e. The molecule has 1 N–H and O–H groups in total. The molecule has 5 nitrogen and oxygen atoms in total. The molecule has 4 rings (SSSR count). The molecule has 0 amide bonds. The van der Waals surface area contributed by atoms with Crippen LogP contribution in [0.5, 0.6) is 5.75 Å². The van der Waals surface area contributed by atoms with Gasteiger partial charge in [0.15, 0.2) is 0 Å². The van der Waals surface area contributed by atoms with Gasteiger partial charge in [-0.2, -0.15) is 0 Å². The zero-order chi connectivity index (χ0) is 19.0. The minimum Gasteiger partial charge on any atom is -0.507 e. The lowest BCUT2D eigenvalue weighted by Crippen LogP contribution is -1.96. The molecule has 0 radical (unpaired) electrons. The van der Waals surface area contributed by atoms with Crippen LogP contribution in [0.3, 0.4) is 0 Å². The van der Waals surface area contributed by atoms with Gasteiger partial charge in [0.2, 0.25) is 0 Å². The maximum absolute atomic E-state index is 13.6. The molecule has 0 fully saturated rings. The Morgan fingerprint density at radius 1 is 1.11 bits per heavy atom. The number of methoxy groups -OCH3 is 1. The van der Waals surface area contributed by atoms with E-state index in [1.165, 1.54) is 29.5 Å². The van der Waals surface area contributed by atoms with Gasteiger partial charge in [0.25, 0.3) is 0 Å². The first-order valence-corrected chi connectivity index (χ1v) is 9.07. The second kappa shape index (κ2) is 7.02. The number of aromatic hydroxyl groups is 1. The molecular formula is C20H16FN3O2S. The number of benzene rings is 2. The average molecular weight is 381 g/mol. The molecule has 0 aliphatic carbocycles. The molecule has 136 valence electrons. The Morgan fingerprint density at radius 2 is 1.96 bits per heavy atom. The number of rotatable bonds is 4. The van der Waals surface area contributed by atoms with E-state index in [1.807, 2.05) is 19.1 Å². The number of fused-ring (bicyclic) bond motifs is 1. The van der Waals surface area contributed by atoms with E-state index in [4.69, 9.17) is 4.74 Å². The number of halogens is 1. The Kier molecular flexibility index (Phi) is 4.55. The summed E-state index contributed by atoms with van der Waals surface area (Å²) in [6.07, 6.45) is 3.33. The summed E-state index contributed by atoms with van der Waals surface area (Å²) in [6, 6.07) is 7.84. The molecule has 2 aromatic heterocycles. The van der Waals surface area contributed by atoms with E-state index in [2.05, 4.69) is 15.0 Å². The molecule has 0 bridgehead atoms. The van der Waals surface area contributed by atoms with Gasteiger partial charge in [-0.3, -0.25) is 4.98 Å². The van der Waals surface area contributed by atoms with Crippen molar-refractivity contribution in [1.29, 1.82) is 0 Å².